The maximum absolute atomic E-state index is 9.38. The molecule has 0 radical (unpaired) electrons. The Bertz CT molecular complexity index is 618. The van der Waals surface area contributed by atoms with Gasteiger partial charge in [-0.2, -0.15) is 5.26 Å². The molecule has 0 aliphatic heterocycles. The molecular formula is C15H14BNO2. The Morgan fingerprint density at radius 3 is 2.32 bits per heavy atom. The van der Waals surface area contributed by atoms with Crippen molar-refractivity contribution in [2.75, 3.05) is 0 Å². The van der Waals surface area contributed by atoms with E-state index in [1.165, 1.54) is 0 Å². The minimum absolute atomic E-state index is 0.249. The fourth-order valence-electron chi connectivity index (χ4n) is 2.23. The molecule has 2 rings (SSSR count). The summed E-state index contributed by atoms with van der Waals surface area (Å²) in [6.45, 7) is 2.01. The van der Waals surface area contributed by atoms with Gasteiger partial charge in [0.15, 0.2) is 0 Å². The molecule has 0 bridgehead atoms. The van der Waals surface area contributed by atoms with Gasteiger partial charge in [0.2, 0.25) is 0 Å². The lowest BCUT2D eigenvalue weighted by molar-refractivity contribution is 0.425. The average molecular weight is 251 g/mol. The summed E-state index contributed by atoms with van der Waals surface area (Å²) in [5.41, 5.74) is 3.31. The van der Waals surface area contributed by atoms with Gasteiger partial charge in [0.25, 0.3) is 0 Å². The highest BCUT2D eigenvalue weighted by Gasteiger charge is 2.21. The summed E-state index contributed by atoms with van der Waals surface area (Å²) in [6, 6.07) is 15.1. The molecule has 0 amide bonds. The Labute approximate surface area is 112 Å². The molecule has 4 heteroatoms. The van der Waals surface area contributed by atoms with E-state index in [4.69, 9.17) is 0 Å². The Hall–Kier alpha value is -2.09. The van der Waals surface area contributed by atoms with Crippen LogP contribution in [0.5, 0.6) is 0 Å². The van der Waals surface area contributed by atoms with Gasteiger partial charge < -0.3 is 10.0 Å². The Morgan fingerprint density at radius 1 is 1.11 bits per heavy atom. The van der Waals surface area contributed by atoms with Crippen LogP contribution in [0.15, 0.2) is 42.5 Å². The van der Waals surface area contributed by atoms with Crippen LogP contribution in [0.25, 0.3) is 11.1 Å². The summed E-state index contributed by atoms with van der Waals surface area (Å²) in [5.74, 6) is 0. The fourth-order valence-corrected chi connectivity index (χ4v) is 2.23. The molecule has 0 heterocycles. The zero-order valence-electron chi connectivity index (χ0n) is 10.7. The van der Waals surface area contributed by atoms with Crippen molar-refractivity contribution in [1.29, 1.82) is 5.26 Å². The van der Waals surface area contributed by atoms with Crippen LogP contribution in [0.2, 0.25) is 0 Å². The van der Waals surface area contributed by atoms with Crippen LogP contribution in [0.1, 0.15) is 18.1 Å². The number of nitrogens with zero attached hydrogens (tertiary/aromatic N) is 1. The SMILES string of the molecule is CCc1ccc(B(O)O)c(C#N)c1-c1ccccc1. The Kier molecular flexibility index (Phi) is 4.01. The molecule has 0 saturated carbocycles. The third-order valence-corrected chi connectivity index (χ3v) is 3.16. The van der Waals surface area contributed by atoms with E-state index in [9.17, 15) is 15.3 Å². The molecule has 0 fully saturated rings. The van der Waals surface area contributed by atoms with E-state index in [2.05, 4.69) is 6.07 Å². The second-order valence-electron chi connectivity index (χ2n) is 4.27. The van der Waals surface area contributed by atoms with Gasteiger partial charge in [0, 0.05) is 11.0 Å². The van der Waals surface area contributed by atoms with Crippen molar-refractivity contribution >= 4 is 12.6 Å². The zero-order valence-corrected chi connectivity index (χ0v) is 10.7. The van der Waals surface area contributed by atoms with E-state index in [0.717, 1.165) is 23.1 Å². The summed E-state index contributed by atoms with van der Waals surface area (Å²) in [7, 11) is -1.64. The number of nitriles is 1. The summed E-state index contributed by atoms with van der Waals surface area (Å²) in [6.07, 6.45) is 0.778. The molecule has 0 saturated heterocycles. The average Bonchev–Trinajstić information content (AvgIpc) is 2.46. The molecule has 2 aromatic carbocycles. The first kappa shape index (κ1) is 13.3. The van der Waals surface area contributed by atoms with Crippen LogP contribution in [0.4, 0.5) is 0 Å². The van der Waals surface area contributed by atoms with E-state index in [0.29, 0.717) is 5.56 Å². The first-order valence-corrected chi connectivity index (χ1v) is 6.16. The lowest BCUT2D eigenvalue weighted by atomic mass is 9.74. The number of benzene rings is 2. The van der Waals surface area contributed by atoms with Crippen molar-refractivity contribution < 1.29 is 10.0 Å². The van der Waals surface area contributed by atoms with Crippen LogP contribution < -0.4 is 5.46 Å². The smallest absolute Gasteiger partial charge is 0.423 e. The minimum Gasteiger partial charge on any atom is -0.423 e. The maximum atomic E-state index is 9.38. The molecule has 2 aromatic rings. The largest absolute Gasteiger partial charge is 0.489 e. The van der Waals surface area contributed by atoms with Gasteiger partial charge in [0.1, 0.15) is 0 Å². The summed E-state index contributed by atoms with van der Waals surface area (Å²) in [5, 5.41) is 28.1. The van der Waals surface area contributed by atoms with Crippen molar-refractivity contribution in [2.45, 2.75) is 13.3 Å². The van der Waals surface area contributed by atoms with E-state index < -0.39 is 7.12 Å². The van der Waals surface area contributed by atoms with Gasteiger partial charge in [-0.05, 0) is 17.5 Å². The molecule has 0 atom stereocenters. The van der Waals surface area contributed by atoms with E-state index in [-0.39, 0.29) is 5.46 Å². The van der Waals surface area contributed by atoms with Crippen molar-refractivity contribution in [1.82, 2.24) is 0 Å². The van der Waals surface area contributed by atoms with Gasteiger partial charge in [-0.15, -0.1) is 0 Å². The molecule has 94 valence electrons. The quantitative estimate of drug-likeness (QED) is 0.812. The Balaban J connectivity index is 2.76. The maximum Gasteiger partial charge on any atom is 0.489 e. The number of hydrogen-bond donors (Lipinski definition) is 2. The van der Waals surface area contributed by atoms with Crippen LogP contribution in [-0.4, -0.2) is 17.2 Å². The standard InChI is InChI=1S/C15H14BNO2/c1-2-11-8-9-14(16(18)19)13(10-17)15(11)12-6-4-3-5-7-12/h3-9,18-19H,2H2,1H3. The van der Waals surface area contributed by atoms with Crippen molar-refractivity contribution in [2.24, 2.45) is 0 Å². The molecule has 0 unspecified atom stereocenters. The van der Waals surface area contributed by atoms with Crippen LogP contribution in [0.3, 0.4) is 0 Å². The fraction of sp³-hybridized carbons (Fsp3) is 0.133. The van der Waals surface area contributed by atoms with Crippen molar-refractivity contribution in [3.8, 4) is 17.2 Å². The molecule has 2 N–H and O–H groups in total. The van der Waals surface area contributed by atoms with E-state index in [1.807, 2.05) is 43.3 Å². The van der Waals surface area contributed by atoms with E-state index >= 15 is 0 Å². The first-order chi connectivity index (χ1) is 9.19. The first-order valence-electron chi connectivity index (χ1n) is 6.16. The van der Waals surface area contributed by atoms with Gasteiger partial charge in [-0.1, -0.05) is 49.4 Å². The van der Waals surface area contributed by atoms with Gasteiger partial charge in [0.05, 0.1) is 11.6 Å². The number of rotatable bonds is 3. The predicted molar refractivity (Wildman–Crippen MR) is 75.8 cm³/mol. The zero-order chi connectivity index (χ0) is 13.8. The molecule has 19 heavy (non-hydrogen) atoms. The van der Waals surface area contributed by atoms with Gasteiger partial charge in [-0.25, -0.2) is 0 Å². The third-order valence-electron chi connectivity index (χ3n) is 3.16. The second-order valence-corrected chi connectivity index (χ2v) is 4.27. The van der Waals surface area contributed by atoms with Crippen LogP contribution in [0, 0.1) is 11.3 Å². The number of hydrogen-bond acceptors (Lipinski definition) is 3. The normalized spacial score (nSPS) is 10.0. The van der Waals surface area contributed by atoms with Crippen LogP contribution in [-0.2, 0) is 6.42 Å². The topological polar surface area (TPSA) is 64.2 Å². The van der Waals surface area contributed by atoms with E-state index in [1.54, 1.807) is 6.07 Å². The molecule has 3 nitrogen and oxygen atoms in total. The molecule has 0 spiro atoms. The third kappa shape index (κ3) is 2.53. The summed E-state index contributed by atoms with van der Waals surface area (Å²) < 4.78 is 0. The van der Waals surface area contributed by atoms with Crippen molar-refractivity contribution in [3.63, 3.8) is 0 Å². The predicted octanol–water partition coefficient (Wildman–Crippen LogP) is 1.47. The highest BCUT2D eigenvalue weighted by atomic mass is 16.4. The van der Waals surface area contributed by atoms with Gasteiger partial charge >= 0.3 is 7.12 Å². The monoisotopic (exact) mass is 251 g/mol. The molecule has 0 aliphatic carbocycles. The lowest BCUT2D eigenvalue weighted by Gasteiger charge is -2.14. The number of aryl methyl sites for hydroxylation is 1. The second kappa shape index (κ2) is 5.70. The highest BCUT2D eigenvalue weighted by Crippen LogP contribution is 2.27. The lowest BCUT2D eigenvalue weighted by Crippen LogP contribution is -2.33. The summed E-state index contributed by atoms with van der Waals surface area (Å²) >= 11 is 0. The van der Waals surface area contributed by atoms with Crippen molar-refractivity contribution in [3.05, 3.63) is 53.6 Å². The Morgan fingerprint density at radius 2 is 1.79 bits per heavy atom. The molecule has 0 aliphatic rings. The molecular weight excluding hydrogens is 237 g/mol. The highest BCUT2D eigenvalue weighted by molar-refractivity contribution is 6.59. The summed E-state index contributed by atoms with van der Waals surface area (Å²) in [4.78, 5) is 0. The van der Waals surface area contributed by atoms with Crippen LogP contribution >= 0.6 is 0 Å². The minimum atomic E-state index is -1.64. The molecule has 0 aromatic heterocycles. The van der Waals surface area contributed by atoms with Gasteiger partial charge in [-0.3, -0.25) is 0 Å².